The molecule has 0 spiro atoms. The second-order valence-corrected chi connectivity index (χ2v) is 5.74. The summed E-state index contributed by atoms with van der Waals surface area (Å²) in [5.74, 6) is -1.35. The van der Waals surface area contributed by atoms with Crippen LogP contribution in [0.4, 0.5) is 0 Å². The molecule has 0 unspecified atom stereocenters. The van der Waals surface area contributed by atoms with Gasteiger partial charge in [-0.3, -0.25) is 14.4 Å². The molecule has 3 atom stereocenters. The molecule has 8 nitrogen and oxygen atoms in total. The Labute approximate surface area is 130 Å². The summed E-state index contributed by atoms with van der Waals surface area (Å²) >= 11 is 0. The van der Waals surface area contributed by atoms with Crippen LogP contribution in [0.2, 0.25) is 0 Å². The molecule has 0 aromatic carbocycles. The van der Waals surface area contributed by atoms with Crippen LogP contribution in [0, 0.1) is 5.92 Å². The first-order chi connectivity index (χ1) is 10.2. The minimum atomic E-state index is -0.918. The van der Waals surface area contributed by atoms with E-state index < -0.39 is 35.8 Å². The molecule has 0 saturated carbocycles. The molecule has 0 aliphatic carbocycles. The standard InChI is InChI=1S/C14H26N4O4/c1-8(2)6-11(14(22)17-9(3)7-19)18-13(21)10(15)4-5-12(16)20/h7-11H,4-6,15H2,1-3H3,(H2,16,20)(H,17,22)(H,18,21)/t9-,10-,11-/m0/s1. The molecule has 0 radical (unpaired) electrons. The fraction of sp³-hybridized carbons (Fsp3) is 0.714. The van der Waals surface area contributed by atoms with Crippen LogP contribution in [0.15, 0.2) is 0 Å². The first kappa shape index (κ1) is 20.0. The predicted octanol–water partition coefficient (Wildman–Crippen LogP) is -1.19. The average Bonchev–Trinajstić information content (AvgIpc) is 2.42. The summed E-state index contributed by atoms with van der Waals surface area (Å²) in [6.45, 7) is 5.35. The van der Waals surface area contributed by atoms with E-state index in [1.807, 2.05) is 13.8 Å². The number of nitrogens with one attached hydrogen (secondary N) is 2. The smallest absolute Gasteiger partial charge is 0.243 e. The van der Waals surface area contributed by atoms with Crippen molar-refractivity contribution in [1.82, 2.24) is 10.6 Å². The van der Waals surface area contributed by atoms with Crippen LogP contribution in [0.3, 0.4) is 0 Å². The van der Waals surface area contributed by atoms with Gasteiger partial charge in [0.1, 0.15) is 12.3 Å². The highest BCUT2D eigenvalue weighted by Crippen LogP contribution is 2.06. The van der Waals surface area contributed by atoms with Gasteiger partial charge < -0.3 is 26.9 Å². The van der Waals surface area contributed by atoms with Gasteiger partial charge in [-0.1, -0.05) is 13.8 Å². The fourth-order valence-corrected chi connectivity index (χ4v) is 1.77. The van der Waals surface area contributed by atoms with Gasteiger partial charge in [-0.05, 0) is 25.7 Å². The lowest BCUT2D eigenvalue weighted by Crippen LogP contribution is -2.53. The number of aldehydes is 1. The summed E-state index contributed by atoms with van der Waals surface area (Å²) in [6.07, 6.45) is 1.12. The van der Waals surface area contributed by atoms with E-state index >= 15 is 0 Å². The molecule has 8 heteroatoms. The number of nitrogens with two attached hydrogens (primary N) is 2. The Kier molecular flexibility index (Phi) is 9.00. The number of carbonyl (C=O) groups is 4. The molecule has 0 saturated heterocycles. The second kappa shape index (κ2) is 9.88. The molecule has 0 bridgehead atoms. The molecular weight excluding hydrogens is 288 g/mol. The summed E-state index contributed by atoms with van der Waals surface area (Å²) < 4.78 is 0. The second-order valence-electron chi connectivity index (χ2n) is 5.74. The Balaban J connectivity index is 4.69. The fourth-order valence-electron chi connectivity index (χ4n) is 1.77. The minimum Gasteiger partial charge on any atom is -0.370 e. The normalized spacial score (nSPS) is 14.8. The van der Waals surface area contributed by atoms with Gasteiger partial charge in [0.2, 0.25) is 17.7 Å². The zero-order valence-electron chi connectivity index (χ0n) is 13.3. The SMILES string of the molecule is CC(C)C[C@H](NC(=O)[C@@H](N)CCC(N)=O)C(=O)N[C@@H](C)C=O. The molecule has 126 valence electrons. The number of carbonyl (C=O) groups excluding carboxylic acids is 4. The van der Waals surface area contributed by atoms with Gasteiger partial charge in [0, 0.05) is 6.42 Å². The summed E-state index contributed by atoms with van der Waals surface area (Å²) in [5, 5.41) is 5.05. The average molecular weight is 314 g/mol. The minimum absolute atomic E-state index is 0.00218. The lowest BCUT2D eigenvalue weighted by Gasteiger charge is -2.22. The zero-order chi connectivity index (χ0) is 17.3. The summed E-state index contributed by atoms with van der Waals surface area (Å²) in [4.78, 5) is 45.3. The van der Waals surface area contributed by atoms with E-state index in [9.17, 15) is 19.2 Å². The van der Waals surface area contributed by atoms with E-state index in [0.717, 1.165) is 0 Å². The van der Waals surface area contributed by atoms with Crippen molar-refractivity contribution in [3.63, 3.8) is 0 Å². The highest BCUT2D eigenvalue weighted by atomic mass is 16.2. The highest BCUT2D eigenvalue weighted by Gasteiger charge is 2.25. The van der Waals surface area contributed by atoms with Crippen LogP contribution in [0.1, 0.15) is 40.0 Å². The molecule has 0 fully saturated rings. The lowest BCUT2D eigenvalue weighted by atomic mass is 10.0. The topological polar surface area (TPSA) is 144 Å². The Bertz CT molecular complexity index is 412. The Hall–Kier alpha value is -1.96. The molecule has 0 heterocycles. The quantitative estimate of drug-likeness (QED) is 0.375. The molecule has 0 aliphatic heterocycles. The molecule has 0 rings (SSSR count). The van der Waals surface area contributed by atoms with Gasteiger partial charge in [-0.25, -0.2) is 0 Å². The molecule has 0 aliphatic rings. The number of primary amides is 1. The van der Waals surface area contributed by atoms with Crippen molar-refractivity contribution in [1.29, 1.82) is 0 Å². The number of amides is 3. The number of hydrogen-bond donors (Lipinski definition) is 4. The van der Waals surface area contributed by atoms with Crippen LogP contribution in [-0.2, 0) is 19.2 Å². The van der Waals surface area contributed by atoms with E-state index in [4.69, 9.17) is 11.5 Å². The van der Waals surface area contributed by atoms with Crippen molar-refractivity contribution < 1.29 is 19.2 Å². The maximum absolute atomic E-state index is 12.1. The van der Waals surface area contributed by atoms with E-state index in [0.29, 0.717) is 12.7 Å². The monoisotopic (exact) mass is 314 g/mol. The van der Waals surface area contributed by atoms with E-state index in [2.05, 4.69) is 10.6 Å². The van der Waals surface area contributed by atoms with E-state index in [1.54, 1.807) is 0 Å². The van der Waals surface area contributed by atoms with Gasteiger partial charge in [-0.15, -0.1) is 0 Å². The van der Waals surface area contributed by atoms with Crippen LogP contribution < -0.4 is 22.1 Å². The van der Waals surface area contributed by atoms with Crippen LogP contribution in [0.25, 0.3) is 0 Å². The lowest BCUT2D eigenvalue weighted by molar-refractivity contribution is -0.131. The summed E-state index contributed by atoms with van der Waals surface area (Å²) in [7, 11) is 0. The third-order valence-electron chi connectivity index (χ3n) is 2.95. The van der Waals surface area contributed by atoms with Crippen molar-refractivity contribution in [2.75, 3.05) is 0 Å². The van der Waals surface area contributed by atoms with Gasteiger partial charge in [0.05, 0.1) is 12.1 Å². The summed E-state index contributed by atoms with van der Waals surface area (Å²) in [6, 6.07) is -2.34. The number of hydrogen-bond acceptors (Lipinski definition) is 5. The summed E-state index contributed by atoms with van der Waals surface area (Å²) in [5.41, 5.74) is 10.7. The Morgan fingerprint density at radius 3 is 2.14 bits per heavy atom. The Morgan fingerprint density at radius 1 is 1.09 bits per heavy atom. The van der Waals surface area contributed by atoms with Gasteiger partial charge in [0.25, 0.3) is 0 Å². The maximum atomic E-state index is 12.1. The first-order valence-electron chi connectivity index (χ1n) is 7.27. The van der Waals surface area contributed by atoms with Crippen LogP contribution in [0.5, 0.6) is 0 Å². The molecule has 6 N–H and O–H groups in total. The van der Waals surface area contributed by atoms with Crippen molar-refractivity contribution in [3.05, 3.63) is 0 Å². The molecule has 3 amide bonds. The molecule has 0 aromatic rings. The first-order valence-corrected chi connectivity index (χ1v) is 7.27. The largest absolute Gasteiger partial charge is 0.370 e. The van der Waals surface area contributed by atoms with Crippen molar-refractivity contribution in [3.8, 4) is 0 Å². The number of rotatable bonds is 10. The third kappa shape index (κ3) is 8.35. The van der Waals surface area contributed by atoms with Crippen molar-refractivity contribution in [2.24, 2.45) is 17.4 Å². The van der Waals surface area contributed by atoms with Gasteiger partial charge in [-0.2, -0.15) is 0 Å². The zero-order valence-corrected chi connectivity index (χ0v) is 13.3. The van der Waals surface area contributed by atoms with Crippen molar-refractivity contribution >= 4 is 24.0 Å². The van der Waals surface area contributed by atoms with E-state index in [-0.39, 0.29) is 18.8 Å². The molecule has 0 aromatic heterocycles. The Morgan fingerprint density at radius 2 is 1.68 bits per heavy atom. The highest BCUT2D eigenvalue weighted by molar-refractivity contribution is 5.90. The third-order valence-corrected chi connectivity index (χ3v) is 2.95. The van der Waals surface area contributed by atoms with Crippen LogP contribution >= 0.6 is 0 Å². The van der Waals surface area contributed by atoms with Crippen LogP contribution in [-0.4, -0.2) is 42.1 Å². The van der Waals surface area contributed by atoms with Crippen molar-refractivity contribution in [2.45, 2.75) is 58.2 Å². The molecule has 22 heavy (non-hydrogen) atoms. The predicted molar refractivity (Wildman–Crippen MR) is 81.5 cm³/mol. The van der Waals surface area contributed by atoms with Gasteiger partial charge >= 0.3 is 0 Å². The maximum Gasteiger partial charge on any atom is 0.243 e. The van der Waals surface area contributed by atoms with Gasteiger partial charge in [0.15, 0.2) is 0 Å². The van der Waals surface area contributed by atoms with E-state index in [1.165, 1.54) is 6.92 Å². The molecular formula is C14H26N4O4.